The predicted molar refractivity (Wildman–Crippen MR) is 150 cm³/mol. The zero-order valence-corrected chi connectivity index (χ0v) is 21.5. The minimum Gasteiger partial charge on any atom is -0.493 e. The normalized spacial score (nSPS) is 14.7. The molecule has 1 saturated heterocycles. The molecule has 6 nitrogen and oxygen atoms in total. The smallest absolute Gasteiger partial charge is 0.266 e. The van der Waals surface area contributed by atoms with Gasteiger partial charge in [-0.15, -0.1) is 0 Å². The number of fused-ring (bicyclic) bond motifs is 1. The topological polar surface area (TPSA) is 60.5 Å². The third-order valence-corrected chi connectivity index (χ3v) is 7.45. The van der Waals surface area contributed by atoms with Gasteiger partial charge in [0.1, 0.15) is 10.0 Å². The average Bonchev–Trinajstić information content (AvgIpc) is 3.62. The fraction of sp³-hybridized carbons (Fsp3) is 0.0690. The van der Waals surface area contributed by atoms with E-state index in [4.69, 9.17) is 26.5 Å². The highest BCUT2D eigenvalue weighted by Crippen LogP contribution is 2.38. The fourth-order valence-electron chi connectivity index (χ4n) is 4.25. The third kappa shape index (κ3) is 4.45. The average molecular weight is 524 g/mol. The summed E-state index contributed by atoms with van der Waals surface area (Å²) in [6, 6.07) is 27.3. The summed E-state index contributed by atoms with van der Waals surface area (Å²) in [5.74, 6) is 1.11. The zero-order chi connectivity index (χ0) is 25.4. The summed E-state index contributed by atoms with van der Waals surface area (Å²) in [5.41, 5.74) is 3.94. The number of furan rings is 1. The van der Waals surface area contributed by atoms with Crippen molar-refractivity contribution in [2.24, 2.45) is 0 Å². The number of hydrogen-bond acceptors (Lipinski definition) is 6. The number of aromatic nitrogens is 2. The zero-order valence-electron chi connectivity index (χ0n) is 19.8. The molecule has 0 N–H and O–H groups in total. The lowest BCUT2D eigenvalue weighted by molar-refractivity contribution is -0.122. The Morgan fingerprint density at radius 2 is 1.78 bits per heavy atom. The number of carbonyl (C=O) groups excluding carboxylic acids is 1. The highest BCUT2D eigenvalue weighted by molar-refractivity contribution is 8.26. The lowest BCUT2D eigenvalue weighted by atomic mass is 10.1. The number of methoxy groups -OCH3 is 1. The molecule has 0 unspecified atom stereocenters. The summed E-state index contributed by atoms with van der Waals surface area (Å²) >= 11 is 6.86. The SMILES string of the molecule is COc1cccc2cc(-c3nn(-c4ccccc4)cc3C=C3SC(=S)N(Cc4ccccc4)C3=O)oc12. The summed E-state index contributed by atoms with van der Waals surface area (Å²) < 4.78 is 14.0. The van der Waals surface area contributed by atoms with Crippen molar-refractivity contribution in [2.45, 2.75) is 6.54 Å². The van der Waals surface area contributed by atoms with E-state index >= 15 is 0 Å². The van der Waals surface area contributed by atoms with Crippen molar-refractivity contribution in [3.8, 4) is 22.9 Å². The molecule has 1 aliphatic rings. The molecule has 0 bridgehead atoms. The third-order valence-electron chi connectivity index (χ3n) is 6.07. The van der Waals surface area contributed by atoms with Gasteiger partial charge in [0.05, 0.1) is 24.2 Å². The van der Waals surface area contributed by atoms with Crippen LogP contribution in [0.3, 0.4) is 0 Å². The second-order valence-corrected chi connectivity index (χ2v) is 10.1. The van der Waals surface area contributed by atoms with Crippen LogP contribution in [0.25, 0.3) is 34.2 Å². The van der Waals surface area contributed by atoms with Crippen molar-refractivity contribution in [1.29, 1.82) is 0 Å². The van der Waals surface area contributed by atoms with Gasteiger partial charge in [0.2, 0.25) is 0 Å². The molecule has 0 saturated carbocycles. The number of hydrogen-bond donors (Lipinski definition) is 0. The standard InChI is InChI=1S/C29H21N3O3S2/c1-34-23-14-8-11-20-15-24(35-27(20)23)26-21(18-32(30-26)22-12-6-3-7-13-22)16-25-28(33)31(29(36)37-25)17-19-9-4-2-5-10-19/h2-16,18H,17H2,1H3. The van der Waals surface area contributed by atoms with Crippen LogP contribution in [0.1, 0.15) is 11.1 Å². The first-order chi connectivity index (χ1) is 18.1. The van der Waals surface area contributed by atoms with Crippen LogP contribution in [0.2, 0.25) is 0 Å². The van der Waals surface area contributed by atoms with Gasteiger partial charge in [0.25, 0.3) is 5.91 Å². The molecule has 6 rings (SSSR count). The van der Waals surface area contributed by atoms with Gasteiger partial charge >= 0.3 is 0 Å². The molecule has 182 valence electrons. The Balaban J connectivity index is 1.42. The van der Waals surface area contributed by atoms with Crippen LogP contribution < -0.4 is 4.74 Å². The first-order valence-corrected chi connectivity index (χ1v) is 12.8. The molecule has 1 fully saturated rings. The van der Waals surface area contributed by atoms with E-state index in [1.807, 2.05) is 97.2 Å². The van der Waals surface area contributed by atoms with Gasteiger partial charge in [0, 0.05) is 17.1 Å². The molecule has 8 heteroatoms. The molecule has 2 aromatic heterocycles. The Labute approximate surface area is 223 Å². The van der Waals surface area contributed by atoms with Crippen molar-refractivity contribution < 1.29 is 13.9 Å². The van der Waals surface area contributed by atoms with Crippen molar-refractivity contribution in [3.05, 3.63) is 107 Å². The van der Waals surface area contributed by atoms with Crippen LogP contribution >= 0.6 is 24.0 Å². The van der Waals surface area contributed by atoms with E-state index in [0.717, 1.165) is 22.2 Å². The van der Waals surface area contributed by atoms with E-state index in [0.29, 0.717) is 38.6 Å². The van der Waals surface area contributed by atoms with Crippen molar-refractivity contribution >= 4 is 51.3 Å². The van der Waals surface area contributed by atoms with Crippen molar-refractivity contribution in [1.82, 2.24) is 14.7 Å². The summed E-state index contributed by atoms with van der Waals surface area (Å²) in [6.45, 7) is 0.433. The molecule has 0 aliphatic carbocycles. The van der Waals surface area contributed by atoms with E-state index in [9.17, 15) is 4.79 Å². The summed E-state index contributed by atoms with van der Waals surface area (Å²) in [4.78, 5) is 15.5. The summed E-state index contributed by atoms with van der Waals surface area (Å²) in [5, 5.41) is 5.75. The molecule has 0 atom stereocenters. The Bertz CT molecular complexity index is 1660. The molecule has 1 aliphatic heterocycles. The highest BCUT2D eigenvalue weighted by Gasteiger charge is 2.32. The first-order valence-electron chi connectivity index (χ1n) is 11.6. The van der Waals surface area contributed by atoms with Gasteiger partial charge in [-0.25, -0.2) is 4.68 Å². The summed E-state index contributed by atoms with van der Waals surface area (Å²) in [7, 11) is 1.62. The number of amides is 1. The highest BCUT2D eigenvalue weighted by atomic mass is 32.2. The number of carbonyl (C=O) groups is 1. The van der Waals surface area contributed by atoms with Crippen LogP contribution in [0.15, 0.2) is 100 Å². The Kier molecular flexibility index (Phi) is 6.12. The van der Waals surface area contributed by atoms with Gasteiger partial charge < -0.3 is 9.15 Å². The number of rotatable bonds is 6. The molecular weight excluding hydrogens is 502 g/mol. The van der Waals surface area contributed by atoms with Crippen molar-refractivity contribution in [2.75, 3.05) is 7.11 Å². The number of ether oxygens (including phenoxy) is 1. The van der Waals surface area contributed by atoms with E-state index in [1.165, 1.54) is 11.8 Å². The number of para-hydroxylation sites is 2. The van der Waals surface area contributed by atoms with Gasteiger partial charge in [-0.05, 0) is 35.9 Å². The second-order valence-electron chi connectivity index (χ2n) is 8.46. The minimum absolute atomic E-state index is 0.122. The summed E-state index contributed by atoms with van der Waals surface area (Å²) in [6.07, 6.45) is 3.75. The van der Waals surface area contributed by atoms with Gasteiger partial charge in [-0.2, -0.15) is 5.10 Å². The maximum absolute atomic E-state index is 13.4. The molecule has 5 aromatic rings. The molecule has 1 amide bonds. The Morgan fingerprint density at radius 3 is 2.54 bits per heavy atom. The quantitative estimate of drug-likeness (QED) is 0.182. The van der Waals surface area contributed by atoms with Gasteiger partial charge in [0.15, 0.2) is 17.1 Å². The molecule has 3 heterocycles. The minimum atomic E-state index is -0.122. The maximum atomic E-state index is 13.4. The van der Waals surface area contributed by atoms with E-state index in [1.54, 1.807) is 16.7 Å². The van der Waals surface area contributed by atoms with Crippen LogP contribution in [0, 0.1) is 0 Å². The molecule has 37 heavy (non-hydrogen) atoms. The molecule has 3 aromatic carbocycles. The van der Waals surface area contributed by atoms with E-state index in [2.05, 4.69) is 0 Å². The lowest BCUT2D eigenvalue weighted by Gasteiger charge is -2.14. The van der Waals surface area contributed by atoms with Gasteiger partial charge in [-0.1, -0.05) is 84.6 Å². The lowest BCUT2D eigenvalue weighted by Crippen LogP contribution is -2.27. The van der Waals surface area contributed by atoms with Crippen LogP contribution in [0.4, 0.5) is 0 Å². The Morgan fingerprint density at radius 1 is 1.03 bits per heavy atom. The second kappa shape index (κ2) is 9.72. The number of benzene rings is 3. The van der Waals surface area contributed by atoms with Crippen LogP contribution in [0.5, 0.6) is 5.75 Å². The van der Waals surface area contributed by atoms with Crippen LogP contribution in [-0.4, -0.2) is 32.0 Å². The largest absolute Gasteiger partial charge is 0.493 e. The predicted octanol–water partition coefficient (Wildman–Crippen LogP) is 6.70. The van der Waals surface area contributed by atoms with Crippen LogP contribution in [-0.2, 0) is 11.3 Å². The van der Waals surface area contributed by atoms with E-state index in [-0.39, 0.29) is 5.91 Å². The molecule has 0 spiro atoms. The van der Waals surface area contributed by atoms with Gasteiger partial charge in [-0.3, -0.25) is 9.69 Å². The molecular formula is C29H21N3O3S2. The monoisotopic (exact) mass is 523 g/mol. The fourth-order valence-corrected chi connectivity index (χ4v) is 5.50. The van der Waals surface area contributed by atoms with E-state index < -0.39 is 0 Å². The number of nitrogens with zero attached hydrogens (tertiary/aromatic N) is 3. The first kappa shape index (κ1) is 23.3. The Hall–Kier alpha value is -4.14. The number of thiocarbonyl (C=S) groups is 1. The van der Waals surface area contributed by atoms with Crippen molar-refractivity contribution in [3.63, 3.8) is 0 Å². The molecule has 0 radical (unpaired) electrons. The maximum Gasteiger partial charge on any atom is 0.266 e. The number of thioether (sulfide) groups is 1.